The average molecular weight is 292 g/mol. The number of aromatic nitrogens is 1. The highest BCUT2D eigenvalue weighted by atomic mass is 32.1. The monoisotopic (exact) mass is 292 g/mol. The maximum Gasteiger partial charge on any atom is 0.308 e. The van der Waals surface area contributed by atoms with Crippen molar-refractivity contribution in [2.24, 2.45) is 5.92 Å². The van der Waals surface area contributed by atoms with E-state index in [1.165, 1.54) is 10.3 Å². The number of benzene rings is 1. The Hall–Kier alpha value is -1.66. The number of carbonyl (C=O) groups is 1. The summed E-state index contributed by atoms with van der Waals surface area (Å²) in [6.07, 6.45) is 0.510. The summed E-state index contributed by atoms with van der Waals surface area (Å²) in [5.74, 6) is -1.15. The maximum atomic E-state index is 10.9. The van der Waals surface area contributed by atoms with Crippen LogP contribution in [0, 0.1) is 12.8 Å². The van der Waals surface area contributed by atoms with Gasteiger partial charge in [-0.25, -0.2) is 4.98 Å². The van der Waals surface area contributed by atoms with E-state index in [2.05, 4.69) is 23.3 Å². The number of nitrogens with zero attached hydrogens (tertiary/aromatic N) is 1. The highest BCUT2D eigenvalue weighted by Gasteiger charge is 2.30. The Labute approximate surface area is 120 Å². The number of hydrogen-bond donors (Lipinski definition) is 2. The first-order valence-corrected chi connectivity index (χ1v) is 7.39. The lowest BCUT2D eigenvalue weighted by molar-refractivity contribution is -0.141. The number of carboxylic acids is 1. The van der Waals surface area contributed by atoms with E-state index in [9.17, 15) is 4.79 Å². The Bertz CT molecular complexity index is 640. The lowest BCUT2D eigenvalue weighted by Crippen LogP contribution is -2.19. The fraction of sp³-hybridized carbons (Fsp3) is 0.429. The molecule has 2 heterocycles. The maximum absolute atomic E-state index is 10.9. The molecule has 0 saturated carbocycles. The number of aliphatic carboxylic acids is 1. The topological polar surface area (TPSA) is 71.5 Å². The summed E-state index contributed by atoms with van der Waals surface area (Å²) >= 11 is 1.62. The zero-order valence-corrected chi connectivity index (χ0v) is 11.9. The minimum Gasteiger partial charge on any atom is -0.481 e. The van der Waals surface area contributed by atoms with Gasteiger partial charge in [-0.3, -0.25) is 4.79 Å². The van der Waals surface area contributed by atoms with Crippen LogP contribution in [0.4, 0.5) is 5.13 Å². The smallest absolute Gasteiger partial charge is 0.308 e. The Morgan fingerprint density at radius 1 is 1.60 bits per heavy atom. The first-order valence-electron chi connectivity index (χ1n) is 6.58. The van der Waals surface area contributed by atoms with E-state index in [-0.39, 0.29) is 12.0 Å². The molecule has 0 bridgehead atoms. The van der Waals surface area contributed by atoms with Gasteiger partial charge in [-0.05, 0) is 25.0 Å². The molecule has 1 aromatic heterocycles. The molecule has 2 atom stereocenters. The van der Waals surface area contributed by atoms with Crippen LogP contribution in [-0.4, -0.2) is 35.3 Å². The van der Waals surface area contributed by atoms with Crippen LogP contribution < -0.4 is 5.32 Å². The highest BCUT2D eigenvalue weighted by molar-refractivity contribution is 7.22. The number of thiazole rings is 1. The Morgan fingerprint density at radius 3 is 3.15 bits per heavy atom. The van der Waals surface area contributed by atoms with Gasteiger partial charge in [0.05, 0.1) is 28.8 Å². The molecule has 0 spiro atoms. The van der Waals surface area contributed by atoms with E-state index < -0.39 is 5.97 Å². The van der Waals surface area contributed by atoms with Gasteiger partial charge in [-0.1, -0.05) is 23.5 Å². The number of carboxylic acid groups (broad SMARTS) is 1. The molecule has 106 valence electrons. The summed E-state index contributed by atoms with van der Waals surface area (Å²) in [6, 6.07) is 6.07. The third kappa shape index (κ3) is 2.62. The van der Waals surface area contributed by atoms with Crippen LogP contribution in [0.1, 0.15) is 12.0 Å². The Morgan fingerprint density at radius 2 is 2.45 bits per heavy atom. The Balaban J connectivity index is 1.63. The molecule has 3 rings (SSSR count). The number of anilines is 1. The molecule has 1 aliphatic rings. The fourth-order valence-corrected chi connectivity index (χ4v) is 3.32. The number of aryl methyl sites for hydroxylation is 1. The molecule has 5 nitrogen and oxygen atoms in total. The Kier molecular flexibility index (Phi) is 3.58. The third-order valence-electron chi connectivity index (χ3n) is 3.52. The lowest BCUT2D eigenvalue weighted by atomic mass is 10.1. The van der Waals surface area contributed by atoms with E-state index in [0.717, 1.165) is 10.6 Å². The number of fused-ring (bicyclic) bond motifs is 1. The normalized spacial score (nSPS) is 22.2. The van der Waals surface area contributed by atoms with Gasteiger partial charge in [0.1, 0.15) is 0 Å². The van der Waals surface area contributed by atoms with Gasteiger partial charge < -0.3 is 15.2 Å². The van der Waals surface area contributed by atoms with Crippen molar-refractivity contribution in [1.82, 2.24) is 4.98 Å². The van der Waals surface area contributed by atoms with Crippen LogP contribution in [0.25, 0.3) is 10.2 Å². The van der Waals surface area contributed by atoms with Gasteiger partial charge >= 0.3 is 5.97 Å². The van der Waals surface area contributed by atoms with E-state index >= 15 is 0 Å². The van der Waals surface area contributed by atoms with E-state index in [0.29, 0.717) is 19.6 Å². The summed E-state index contributed by atoms with van der Waals surface area (Å²) in [7, 11) is 0. The molecule has 0 radical (unpaired) electrons. The van der Waals surface area contributed by atoms with Crippen LogP contribution >= 0.6 is 11.3 Å². The van der Waals surface area contributed by atoms with Crippen LogP contribution in [0.2, 0.25) is 0 Å². The molecule has 6 heteroatoms. The molecule has 0 amide bonds. The molecular weight excluding hydrogens is 276 g/mol. The summed E-state index contributed by atoms with van der Waals surface area (Å²) in [5.41, 5.74) is 2.21. The predicted molar refractivity (Wildman–Crippen MR) is 78.3 cm³/mol. The average Bonchev–Trinajstić information content (AvgIpc) is 3.03. The van der Waals surface area contributed by atoms with Gasteiger partial charge in [0, 0.05) is 6.54 Å². The molecule has 1 fully saturated rings. The van der Waals surface area contributed by atoms with E-state index in [1.807, 2.05) is 12.1 Å². The largest absolute Gasteiger partial charge is 0.481 e. The quantitative estimate of drug-likeness (QED) is 0.906. The van der Waals surface area contributed by atoms with Gasteiger partial charge in [-0.2, -0.15) is 0 Å². The van der Waals surface area contributed by atoms with E-state index in [4.69, 9.17) is 9.84 Å². The van der Waals surface area contributed by atoms with Gasteiger partial charge in [0.25, 0.3) is 0 Å². The van der Waals surface area contributed by atoms with Crippen LogP contribution in [0.3, 0.4) is 0 Å². The van der Waals surface area contributed by atoms with Crippen LogP contribution in [0.5, 0.6) is 0 Å². The zero-order valence-electron chi connectivity index (χ0n) is 11.1. The minimum atomic E-state index is -0.775. The fourth-order valence-electron chi connectivity index (χ4n) is 2.38. The van der Waals surface area contributed by atoms with Crippen molar-refractivity contribution in [2.45, 2.75) is 19.4 Å². The SMILES string of the molecule is Cc1cccc2nc(NCC3CC(C(=O)O)CO3)sc12. The van der Waals surface area contributed by atoms with Gasteiger partial charge in [-0.15, -0.1) is 0 Å². The third-order valence-corrected chi connectivity index (χ3v) is 4.69. The summed E-state index contributed by atoms with van der Waals surface area (Å²) < 4.78 is 6.67. The first-order chi connectivity index (χ1) is 9.63. The minimum absolute atomic E-state index is 0.0517. The van der Waals surface area contributed by atoms with Crippen molar-refractivity contribution in [3.05, 3.63) is 23.8 Å². The standard InChI is InChI=1S/C14H16N2O3S/c1-8-3-2-4-11-12(8)20-14(16-11)15-6-10-5-9(7-19-10)13(17)18/h2-4,9-10H,5-7H2,1H3,(H,15,16)(H,17,18). The van der Waals surface area contributed by atoms with E-state index in [1.54, 1.807) is 11.3 Å². The van der Waals surface area contributed by atoms with Crippen molar-refractivity contribution in [3.8, 4) is 0 Å². The van der Waals surface area contributed by atoms with Crippen molar-refractivity contribution >= 4 is 32.7 Å². The molecule has 20 heavy (non-hydrogen) atoms. The number of hydrogen-bond acceptors (Lipinski definition) is 5. The molecule has 0 aliphatic carbocycles. The van der Waals surface area contributed by atoms with Crippen molar-refractivity contribution in [2.75, 3.05) is 18.5 Å². The summed E-state index contributed by atoms with van der Waals surface area (Å²) in [4.78, 5) is 15.4. The second kappa shape index (κ2) is 5.38. The molecule has 1 aliphatic heterocycles. The summed E-state index contributed by atoms with van der Waals surface area (Å²) in [5, 5.41) is 13.0. The molecule has 2 aromatic rings. The first kappa shape index (κ1) is 13.3. The molecule has 1 aromatic carbocycles. The molecule has 2 N–H and O–H groups in total. The molecule has 1 saturated heterocycles. The summed E-state index contributed by atoms with van der Waals surface area (Å²) in [6.45, 7) is 2.98. The second-order valence-corrected chi connectivity index (χ2v) is 6.05. The van der Waals surface area contributed by atoms with Crippen molar-refractivity contribution in [1.29, 1.82) is 0 Å². The second-order valence-electron chi connectivity index (χ2n) is 5.05. The predicted octanol–water partition coefficient (Wildman–Crippen LogP) is 2.51. The lowest BCUT2D eigenvalue weighted by Gasteiger charge is -2.09. The number of ether oxygens (including phenoxy) is 1. The van der Waals surface area contributed by atoms with Crippen LogP contribution in [-0.2, 0) is 9.53 Å². The van der Waals surface area contributed by atoms with Gasteiger partial charge in [0.2, 0.25) is 0 Å². The number of rotatable bonds is 4. The number of nitrogens with one attached hydrogen (secondary N) is 1. The van der Waals surface area contributed by atoms with Crippen molar-refractivity contribution in [3.63, 3.8) is 0 Å². The van der Waals surface area contributed by atoms with Crippen LogP contribution in [0.15, 0.2) is 18.2 Å². The zero-order chi connectivity index (χ0) is 14.1. The molecular formula is C14H16N2O3S. The highest BCUT2D eigenvalue weighted by Crippen LogP contribution is 2.29. The van der Waals surface area contributed by atoms with Gasteiger partial charge in [0.15, 0.2) is 5.13 Å². The van der Waals surface area contributed by atoms with Crippen molar-refractivity contribution < 1.29 is 14.6 Å². The molecule has 2 unspecified atom stereocenters.